The molecular formula is C10H13NO2. The third-order valence-electron chi connectivity index (χ3n) is 2.06. The molecule has 70 valence electrons. The molecule has 0 saturated carbocycles. The number of carboxylic acids is 1. The van der Waals surface area contributed by atoms with Gasteiger partial charge in [-0.3, -0.25) is 0 Å². The standard InChI is InChI=1S/C10H13NO2/c1-7-4-3-5-8(6-7)10(2,11)9(12)13/h3-6H,11H2,1-2H3,(H,12,13). The summed E-state index contributed by atoms with van der Waals surface area (Å²) in [5.41, 5.74) is 5.99. The van der Waals surface area contributed by atoms with Crippen molar-refractivity contribution in [3.05, 3.63) is 35.4 Å². The number of carboxylic acid groups (broad SMARTS) is 1. The maximum absolute atomic E-state index is 10.8. The second kappa shape index (κ2) is 3.18. The summed E-state index contributed by atoms with van der Waals surface area (Å²) in [6.45, 7) is 3.39. The first-order valence-corrected chi connectivity index (χ1v) is 4.04. The molecule has 0 aliphatic rings. The Labute approximate surface area is 77.2 Å². The summed E-state index contributed by atoms with van der Waals surface area (Å²) in [7, 11) is 0. The van der Waals surface area contributed by atoms with Gasteiger partial charge in [-0.2, -0.15) is 0 Å². The highest BCUT2D eigenvalue weighted by Gasteiger charge is 2.29. The first-order chi connectivity index (χ1) is 5.94. The normalized spacial score (nSPS) is 15.0. The lowest BCUT2D eigenvalue weighted by Gasteiger charge is -2.19. The van der Waals surface area contributed by atoms with Crippen LogP contribution in [0.1, 0.15) is 18.1 Å². The Morgan fingerprint density at radius 1 is 1.54 bits per heavy atom. The molecule has 0 heterocycles. The van der Waals surface area contributed by atoms with E-state index in [-0.39, 0.29) is 0 Å². The number of hydrogen-bond acceptors (Lipinski definition) is 2. The molecule has 0 aliphatic carbocycles. The van der Waals surface area contributed by atoms with E-state index in [9.17, 15) is 4.79 Å². The Hall–Kier alpha value is -1.35. The van der Waals surface area contributed by atoms with Crippen molar-refractivity contribution < 1.29 is 9.90 Å². The number of aryl methyl sites for hydroxylation is 1. The molecule has 1 rings (SSSR count). The molecule has 0 amide bonds. The molecule has 0 aromatic heterocycles. The van der Waals surface area contributed by atoms with Crippen LogP contribution in [-0.2, 0) is 10.3 Å². The van der Waals surface area contributed by atoms with Crippen molar-refractivity contribution in [1.82, 2.24) is 0 Å². The van der Waals surface area contributed by atoms with Crippen LogP contribution in [0.2, 0.25) is 0 Å². The van der Waals surface area contributed by atoms with Crippen LogP contribution in [0.3, 0.4) is 0 Å². The topological polar surface area (TPSA) is 63.3 Å². The summed E-state index contributed by atoms with van der Waals surface area (Å²) in [6, 6.07) is 7.22. The number of hydrogen-bond donors (Lipinski definition) is 2. The lowest BCUT2D eigenvalue weighted by Crippen LogP contribution is -2.41. The third-order valence-corrected chi connectivity index (χ3v) is 2.06. The van der Waals surface area contributed by atoms with E-state index in [1.807, 2.05) is 13.0 Å². The van der Waals surface area contributed by atoms with Gasteiger partial charge in [0.1, 0.15) is 5.54 Å². The number of carbonyl (C=O) groups is 1. The van der Waals surface area contributed by atoms with Gasteiger partial charge in [-0.25, -0.2) is 4.79 Å². The second-order valence-corrected chi connectivity index (χ2v) is 3.38. The highest BCUT2D eigenvalue weighted by Crippen LogP contribution is 2.18. The van der Waals surface area contributed by atoms with E-state index in [0.717, 1.165) is 5.56 Å². The summed E-state index contributed by atoms with van der Waals surface area (Å²) in [4.78, 5) is 10.8. The first kappa shape index (κ1) is 9.74. The fraction of sp³-hybridized carbons (Fsp3) is 0.300. The maximum atomic E-state index is 10.8. The molecule has 0 fully saturated rings. The van der Waals surface area contributed by atoms with E-state index in [2.05, 4.69) is 0 Å². The summed E-state index contributed by atoms with van der Waals surface area (Å²) in [5.74, 6) is -1.02. The van der Waals surface area contributed by atoms with Crippen molar-refractivity contribution in [2.75, 3.05) is 0 Å². The number of nitrogens with two attached hydrogens (primary N) is 1. The molecule has 0 saturated heterocycles. The predicted molar refractivity (Wildman–Crippen MR) is 50.4 cm³/mol. The minimum absolute atomic E-state index is 0.625. The highest BCUT2D eigenvalue weighted by molar-refractivity contribution is 5.79. The van der Waals surface area contributed by atoms with Crippen molar-refractivity contribution >= 4 is 5.97 Å². The Morgan fingerprint density at radius 2 is 2.15 bits per heavy atom. The predicted octanol–water partition coefficient (Wildman–Crippen LogP) is 1.25. The quantitative estimate of drug-likeness (QED) is 0.718. The van der Waals surface area contributed by atoms with Crippen LogP contribution in [0.5, 0.6) is 0 Å². The van der Waals surface area contributed by atoms with E-state index in [1.54, 1.807) is 18.2 Å². The average Bonchev–Trinajstić information content (AvgIpc) is 2.04. The van der Waals surface area contributed by atoms with Gasteiger partial charge in [0, 0.05) is 0 Å². The van der Waals surface area contributed by atoms with Gasteiger partial charge in [0.25, 0.3) is 0 Å². The molecule has 1 aromatic rings. The van der Waals surface area contributed by atoms with Crippen LogP contribution in [0, 0.1) is 6.92 Å². The Kier molecular flexibility index (Phi) is 2.38. The van der Waals surface area contributed by atoms with Gasteiger partial charge in [-0.1, -0.05) is 29.8 Å². The molecule has 0 spiro atoms. The average molecular weight is 179 g/mol. The summed E-state index contributed by atoms with van der Waals surface area (Å²) < 4.78 is 0. The number of benzene rings is 1. The van der Waals surface area contributed by atoms with Crippen molar-refractivity contribution in [2.45, 2.75) is 19.4 Å². The van der Waals surface area contributed by atoms with Gasteiger partial charge in [0.2, 0.25) is 0 Å². The molecule has 1 unspecified atom stereocenters. The smallest absolute Gasteiger partial charge is 0.328 e. The number of aliphatic carboxylic acids is 1. The SMILES string of the molecule is Cc1cccc(C(C)(N)C(=O)O)c1. The van der Waals surface area contributed by atoms with E-state index in [0.29, 0.717) is 5.56 Å². The Bertz CT molecular complexity index is 331. The van der Waals surface area contributed by atoms with E-state index in [1.165, 1.54) is 6.92 Å². The Balaban J connectivity index is 3.14. The van der Waals surface area contributed by atoms with Crippen LogP contribution in [0.25, 0.3) is 0 Å². The van der Waals surface area contributed by atoms with Crippen LogP contribution >= 0.6 is 0 Å². The first-order valence-electron chi connectivity index (χ1n) is 4.04. The van der Waals surface area contributed by atoms with Crippen LogP contribution in [-0.4, -0.2) is 11.1 Å². The minimum Gasteiger partial charge on any atom is -0.480 e. The van der Waals surface area contributed by atoms with E-state index >= 15 is 0 Å². The van der Waals surface area contributed by atoms with E-state index in [4.69, 9.17) is 10.8 Å². The molecule has 0 aliphatic heterocycles. The molecule has 0 bridgehead atoms. The van der Waals surface area contributed by atoms with Gasteiger partial charge < -0.3 is 10.8 Å². The van der Waals surface area contributed by atoms with Gasteiger partial charge in [0.05, 0.1) is 0 Å². The second-order valence-electron chi connectivity index (χ2n) is 3.38. The summed E-state index contributed by atoms with van der Waals surface area (Å²) in [5, 5.41) is 8.86. The summed E-state index contributed by atoms with van der Waals surface area (Å²) in [6.07, 6.45) is 0. The molecule has 1 atom stereocenters. The van der Waals surface area contributed by atoms with Crippen molar-refractivity contribution in [3.8, 4) is 0 Å². The molecule has 13 heavy (non-hydrogen) atoms. The van der Waals surface area contributed by atoms with Gasteiger partial charge >= 0.3 is 5.97 Å². The minimum atomic E-state index is -1.30. The van der Waals surface area contributed by atoms with Gasteiger partial charge in [-0.05, 0) is 19.4 Å². The van der Waals surface area contributed by atoms with Crippen molar-refractivity contribution in [2.24, 2.45) is 5.73 Å². The lowest BCUT2D eigenvalue weighted by molar-refractivity contribution is -0.143. The fourth-order valence-corrected chi connectivity index (χ4v) is 1.09. The zero-order valence-corrected chi connectivity index (χ0v) is 7.74. The molecular weight excluding hydrogens is 166 g/mol. The van der Waals surface area contributed by atoms with Crippen molar-refractivity contribution in [1.29, 1.82) is 0 Å². The maximum Gasteiger partial charge on any atom is 0.328 e. The van der Waals surface area contributed by atoms with Crippen LogP contribution in [0.15, 0.2) is 24.3 Å². The lowest BCUT2D eigenvalue weighted by atomic mass is 9.92. The zero-order chi connectivity index (χ0) is 10.1. The van der Waals surface area contributed by atoms with Crippen LogP contribution < -0.4 is 5.73 Å². The molecule has 1 aromatic carbocycles. The summed E-state index contributed by atoms with van der Waals surface area (Å²) >= 11 is 0. The Morgan fingerprint density at radius 3 is 2.62 bits per heavy atom. The van der Waals surface area contributed by atoms with Gasteiger partial charge in [-0.15, -0.1) is 0 Å². The van der Waals surface area contributed by atoms with E-state index < -0.39 is 11.5 Å². The fourth-order valence-electron chi connectivity index (χ4n) is 1.09. The van der Waals surface area contributed by atoms with Crippen molar-refractivity contribution in [3.63, 3.8) is 0 Å². The zero-order valence-electron chi connectivity index (χ0n) is 7.74. The molecule has 3 nitrogen and oxygen atoms in total. The molecule has 3 N–H and O–H groups in total. The molecule has 0 radical (unpaired) electrons. The number of rotatable bonds is 2. The highest BCUT2D eigenvalue weighted by atomic mass is 16.4. The third kappa shape index (κ3) is 1.87. The van der Waals surface area contributed by atoms with Gasteiger partial charge in [0.15, 0.2) is 0 Å². The largest absolute Gasteiger partial charge is 0.480 e. The van der Waals surface area contributed by atoms with Crippen LogP contribution in [0.4, 0.5) is 0 Å². The monoisotopic (exact) mass is 179 g/mol. The molecule has 3 heteroatoms.